The zero-order valence-corrected chi connectivity index (χ0v) is 18.1. The van der Waals surface area contributed by atoms with E-state index in [1.54, 1.807) is 0 Å². The van der Waals surface area contributed by atoms with E-state index in [4.69, 9.17) is 0 Å². The van der Waals surface area contributed by atoms with Crippen molar-refractivity contribution in [1.82, 2.24) is 4.57 Å². The second kappa shape index (κ2) is 8.31. The Bertz CT molecular complexity index is 1110. The van der Waals surface area contributed by atoms with Crippen LogP contribution >= 0.6 is 0 Å². The largest absolute Gasteiger partial charge is 0.316 e. The van der Waals surface area contributed by atoms with E-state index in [-0.39, 0.29) is 5.82 Å². The van der Waals surface area contributed by atoms with Crippen LogP contribution in [0.25, 0.3) is 28.1 Å². The van der Waals surface area contributed by atoms with Crippen LogP contribution in [0.2, 0.25) is 0 Å². The van der Waals surface area contributed by atoms with Crippen molar-refractivity contribution in [1.29, 1.82) is 0 Å². The molecule has 0 fully saturated rings. The fourth-order valence-corrected chi connectivity index (χ4v) is 4.07. The maximum Gasteiger partial charge on any atom is 0.123 e. The highest BCUT2D eigenvalue weighted by Gasteiger charge is 2.20. The number of aromatic nitrogens is 1. The molecule has 0 unspecified atom stereocenters. The molecule has 4 rings (SSSR count). The third kappa shape index (κ3) is 3.82. The summed E-state index contributed by atoms with van der Waals surface area (Å²) < 4.78 is 15.8. The molecular formula is C28H28FN. The van der Waals surface area contributed by atoms with E-state index in [2.05, 4.69) is 87.0 Å². The van der Waals surface area contributed by atoms with Crippen molar-refractivity contribution < 1.29 is 4.39 Å². The molecule has 0 amide bonds. The first-order valence-electron chi connectivity index (χ1n) is 10.6. The Morgan fingerprint density at radius 1 is 0.633 bits per heavy atom. The quantitative estimate of drug-likeness (QED) is 0.320. The minimum atomic E-state index is -0.205. The van der Waals surface area contributed by atoms with E-state index in [1.165, 1.54) is 40.2 Å². The van der Waals surface area contributed by atoms with E-state index in [0.717, 1.165) is 11.1 Å². The van der Waals surface area contributed by atoms with Crippen molar-refractivity contribution in [2.75, 3.05) is 0 Å². The highest BCUT2D eigenvalue weighted by molar-refractivity contribution is 5.72. The van der Waals surface area contributed by atoms with Crippen LogP contribution in [-0.4, -0.2) is 4.57 Å². The van der Waals surface area contributed by atoms with Crippen LogP contribution in [0, 0.1) is 5.82 Å². The van der Waals surface area contributed by atoms with Crippen molar-refractivity contribution >= 4 is 0 Å². The normalized spacial score (nSPS) is 11.4. The van der Waals surface area contributed by atoms with E-state index >= 15 is 0 Å². The Labute approximate surface area is 178 Å². The zero-order chi connectivity index (χ0) is 21.3. The zero-order valence-electron chi connectivity index (χ0n) is 18.1. The lowest BCUT2D eigenvalue weighted by Crippen LogP contribution is -2.08. The molecule has 4 aromatic rings. The average Bonchev–Trinajstić information content (AvgIpc) is 3.23. The van der Waals surface area contributed by atoms with Gasteiger partial charge in [0.05, 0.1) is 11.4 Å². The summed E-state index contributed by atoms with van der Waals surface area (Å²) in [5.74, 6) is 0.497. The Kier molecular flexibility index (Phi) is 5.59. The van der Waals surface area contributed by atoms with Gasteiger partial charge in [-0.05, 0) is 76.1 Å². The van der Waals surface area contributed by atoms with Crippen LogP contribution < -0.4 is 0 Å². The molecule has 3 aromatic carbocycles. The highest BCUT2D eigenvalue weighted by atomic mass is 19.1. The van der Waals surface area contributed by atoms with Gasteiger partial charge in [0.25, 0.3) is 0 Å². The number of hydrogen-bond donors (Lipinski definition) is 0. The second-order valence-corrected chi connectivity index (χ2v) is 8.45. The van der Waals surface area contributed by atoms with Crippen molar-refractivity contribution in [3.8, 4) is 28.1 Å². The molecule has 0 bridgehead atoms. The number of nitrogens with zero attached hydrogens (tertiary/aromatic N) is 1. The van der Waals surface area contributed by atoms with Crippen molar-refractivity contribution in [3.63, 3.8) is 0 Å². The van der Waals surface area contributed by atoms with Crippen molar-refractivity contribution in [2.24, 2.45) is 0 Å². The molecule has 0 spiro atoms. The van der Waals surface area contributed by atoms with Gasteiger partial charge in [0.1, 0.15) is 5.82 Å². The van der Waals surface area contributed by atoms with Gasteiger partial charge in [-0.1, -0.05) is 70.2 Å². The molecule has 2 heteroatoms. The van der Waals surface area contributed by atoms with E-state index in [0.29, 0.717) is 11.8 Å². The average molecular weight is 398 g/mol. The summed E-state index contributed by atoms with van der Waals surface area (Å²) in [5.41, 5.74) is 8.43. The molecule has 30 heavy (non-hydrogen) atoms. The minimum absolute atomic E-state index is 0.205. The van der Waals surface area contributed by atoms with Gasteiger partial charge < -0.3 is 4.57 Å². The van der Waals surface area contributed by atoms with Gasteiger partial charge in [-0.25, -0.2) is 4.39 Å². The minimum Gasteiger partial charge on any atom is -0.316 e. The molecule has 1 aromatic heterocycles. The molecule has 0 aliphatic heterocycles. The third-order valence-corrected chi connectivity index (χ3v) is 5.65. The maximum absolute atomic E-state index is 13.5. The molecule has 1 heterocycles. The van der Waals surface area contributed by atoms with Gasteiger partial charge in [0.2, 0.25) is 0 Å². The van der Waals surface area contributed by atoms with E-state index in [9.17, 15) is 4.39 Å². The molecule has 0 radical (unpaired) electrons. The van der Waals surface area contributed by atoms with E-state index < -0.39 is 0 Å². The lowest BCUT2D eigenvalue weighted by Gasteiger charge is -2.24. The number of hydrogen-bond acceptors (Lipinski definition) is 0. The van der Waals surface area contributed by atoms with Crippen LogP contribution in [0.3, 0.4) is 0 Å². The molecule has 0 N–H and O–H groups in total. The molecular weight excluding hydrogens is 369 g/mol. The van der Waals surface area contributed by atoms with Gasteiger partial charge in [-0.15, -0.1) is 0 Å². The lowest BCUT2D eigenvalue weighted by molar-refractivity contribution is 0.628. The Balaban J connectivity index is 1.97. The smallest absolute Gasteiger partial charge is 0.123 e. The summed E-state index contributed by atoms with van der Waals surface area (Å²) in [7, 11) is 0. The topological polar surface area (TPSA) is 4.93 Å². The number of rotatable bonds is 5. The summed E-state index contributed by atoms with van der Waals surface area (Å²) in [6.07, 6.45) is 2.16. The first-order valence-corrected chi connectivity index (χ1v) is 10.6. The molecule has 0 saturated heterocycles. The van der Waals surface area contributed by atoms with Crippen LogP contribution in [-0.2, 0) is 0 Å². The maximum atomic E-state index is 13.5. The highest BCUT2D eigenvalue weighted by Crippen LogP contribution is 2.38. The van der Waals surface area contributed by atoms with Crippen LogP contribution in [0.5, 0.6) is 0 Å². The van der Waals surface area contributed by atoms with Gasteiger partial charge in [-0.3, -0.25) is 0 Å². The monoisotopic (exact) mass is 397 g/mol. The van der Waals surface area contributed by atoms with Gasteiger partial charge in [-0.2, -0.15) is 0 Å². The molecule has 152 valence electrons. The summed E-state index contributed by atoms with van der Waals surface area (Å²) in [4.78, 5) is 0. The van der Waals surface area contributed by atoms with Gasteiger partial charge in [0.15, 0.2) is 0 Å². The number of benzene rings is 3. The first-order chi connectivity index (χ1) is 14.5. The molecule has 0 saturated carbocycles. The summed E-state index contributed by atoms with van der Waals surface area (Å²) in [6, 6.07) is 26.2. The van der Waals surface area contributed by atoms with E-state index in [1.807, 2.05) is 18.2 Å². The van der Waals surface area contributed by atoms with Crippen LogP contribution in [0.15, 0.2) is 85.1 Å². The lowest BCUT2D eigenvalue weighted by atomic mass is 9.88. The SMILES string of the molecule is CC(C)c1cc(-c2ccc(F)cc2)cc(C(C)C)c1-n1cccc1-c1ccccc1. The Hall–Kier alpha value is -3.13. The third-order valence-electron chi connectivity index (χ3n) is 5.65. The predicted octanol–water partition coefficient (Wildman–Crippen LogP) is 8.20. The van der Waals surface area contributed by atoms with Gasteiger partial charge in [0, 0.05) is 6.20 Å². The molecule has 0 aliphatic carbocycles. The van der Waals surface area contributed by atoms with Crippen LogP contribution in [0.4, 0.5) is 4.39 Å². The van der Waals surface area contributed by atoms with Gasteiger partial charge >= 0.3 is 0 Å². The molecule has 0 atom stereocenters. The predicted molar refractivity (Wildman–Crippen MR) is 125 cm³/mol. The summed E-state index contributed by atoms with van der Waals surface area (Å²) >= 11 is 0. The van der Waals surface area contributed by atoms with Crippen LogP contribution in [0.1, 0.15) is 50.7 Å². The molecule has 0 aliphatic rings. The first kappa shape index (κ1) is 20.2. The second-order valence-electron chi connectivity index (χ2n) is 8.45. The fourth-order valence-electron chi connectivity index (χ4n) is 4.07. The Morgan fingerprint density at radius 3 is 1.80 bits per heavy atom. The summed E-state index contributed by atoms with van der Waals surface area (Å²) in [6.45, 7) is 8.96. The number of halogens is 1. The Morgan fingerprint density at radius 2 is 1.23 bits per heavy atom. The fraction of sp³-hybridized carbons (Fsp3) is 0.214. The standard InChI is InChI=1S/C28H28FN/c1-19(2)25-17-23(21-12-14-24(29)15-13-21)18-26(20(3)4)28(25)30-16-8-11-27(30)22-9-6-5-7-10-22/h5-20H,1-4H3. The van der Waals surface area contributed by atoms with Crippen molar-refractivity contribution in [3.05, 3.63) is 102 Å². The summed E-state index contributed by atoms with van der Waals surface area (Å²) in [5, 5.41) is 0. The molecule has 1 nitrogen and oxygen atoms in total. The van der Waals surface area contributed by atoms with Crippen molar-refractivity contribution in [2.45, 2.75) is 39.5 Å².